The van der Waals surface area contributed by atoms with Crippen LogP contribution in [0.5, 0.6) is 5.75 Å². The first-order valence-electron chi connectivity index (χ1n) is 9.23. The molecule has 1 aromatic heterocycles. The molecule has 1 aliphatic rings. The smallest absolute Gasteiger partial charge is 0.232 e. The molecule has 2 aromatic carbocycles. The highest BCUT2D eigenvalue weighted by atomic mass is 16.5. The number of para-hydroxylation sites is 1. The third-order valence-electron chi connectivity index (χ3n) is 4.90. The van der Waals surface area contributed by atoms with Gasteiger partial charge >= 0.3 is 0 Å². The van der Waals surface area contributed by atoms with E-state index in [0.29, 0.717) is 12.6 Å². The summed E-state index contributed by atoms with van der Waals surface area (Å²) in [6.07, 6.45) is 1.02. The number of anilines is 3. The van der Waals surface area contributed by atoms with E-state index in [9.17, 15) is 0 Å². The number of ether oxygens (including phenoxy) is 1. The Labute approximate surface area is 160 Å². The minimum atomic E-state index is 0.346. The summed E-state index contributed by atoms with van der Waals surface area (Å²) in [6, 6.07) is 18.9. The summed E-state index contributed by atoms with van der Waals surface area (Å²) in [5.41, 5.74) is 4.68. The van der Waals surface area contributed by atoms with Crippen LogP contribution in [0.4, 0.5) is 17.5 Å². The van der Waals surface area contributed by atoms with Crippen LogP contribution < -0.4 is 15.0 Å². The van der Waals surface area contributed by atoms with E-state index in [0.717, 1.165) is 29.6 Å². The second-order valence-electron chi connectivity index (χ2n) is 6.95. The number of nitrogens with one attached hydrogen (secondary N) is 1. The summed E-state index contributed by atoms with van der Waals surface area (Å²) in [5, 5.41) is 3.42. The topological polar surface area (TPSA) is 50.3 Å². The minimum Gasteiger partial charge on any atom is -0.497 e. The van der Waals surface area contributed by atoms with Gasteiger partial charge in [-0.1, -0.05) is 30.3 Å². The molecule has 0 amide bonds. The minimum absolute atomic E-state index is 0.346. The zero-order valence-corrected chi connectivity index (χ0v) is 15.9. The average molecular weight is 360 g/mol. The van der Waals surface area contributed by atoms with Crippen molar-refractivity contribution >= 4 is 17.5 Å². The van der Waals surface area contributed by atoms with Crippen molar-refractivity contribution in [1.29, 1.82) is 0 Å². The summed E-state index contributed by atoms with van der Waals surface area (Å²) >= 11 is 0. The predicted molar refractivity (Wildman–Crippen MR) is 109 cm³/mol. The molecule has 4 rings (SSSR count). The van der Waals surface area contributed by atoms with Gasteiger partial charge < -0.3 is 15.0 Å². The van der Waals surface area contributed by atoms with Gasteiger partial charge in [-0.3, -0.25) is 0 Å². The standard InChI is InChI=1S/C22H24N4O/c1-15-12-21(23-14-17-8-10-19(27-3)11-9-17)25-22(24-15)26-16(2)13-18-6-4-5-7-20(18)26/h4-12,16H,13-14H2,1-3H3,(H,23,24,25). The van der Waals surface area contributed by atoms with E-state index in [4.69, 9.17) is 14.7 Å². The molecule has 5 heteroatoms. The van der Waals surface area contributed by atoms with Crippen LogP contribution in [0.1, 0.15) is 23.7 Å². The van der Waals surface area contributed by atoms with Crippen LogP contribution in [0.15, 0.2) is 54.6 Å². The molecule has 0 radical (unpaired) electrons. The Bertz CT molecular complexity index is 939. The molecule has 3 aromatic rings. The zero-order chi connectivity index (χ0) is 18.8. The van der Waals surface area contributed by atoms with Gasteiger partial charge in [-0.05, 0) is 49.6 Å². The van der Waals surface area contributed by atoms with Crippen LogP contribution in [0.2, 0.25) is 0 Å². The zero-order valence-electron chi connectivity index (χ0n) is 15.9. The molecule has 0 saturated carbocycles. The normalized spacial score (nSPS) is 15.5. The number of methoxy groups -OCH3 is 1. The largest absolute Gasteiger partial charge is 0.497 e. The van der Waals surface area contributed by atoms with Gasteiger partial charge in [0.2, 0.25) is 5.95 Å². The Kier molecular flexibility index (Phi) is 4.67. The van der Waals surface area contributed by atoms with Crippen LogP contribution in [-0.4, -0.2) is 23.1 Å². The third kappa shape index (κ3) is 3.58. The van der Waals surface area contributed by atoms with Crippen molar-refractivity contribution < 1.29 is 4.74 Å². The van der Waals surface area contributed by atoms with Crippen molar-refractivity contribution in [3.05, 3.63) is 71.4 Å². The lowest BCUT2D eigenvalue weighted by Crippen LogP contribution is -2.26. The lowest BCUT2D eigenvalue weighted by atomic mass is 10.1. The Morgan fingerprint density at radius 3 is 2.67 bits per heavy atom. The van der Waals surface area contributed by atoms with E-state index in [-0.39, 0.29) is 0 Å². The predicted octanol–water partition coefficient (Wildman–Crippen LogP) is 4.49. The van der Waals surface area contributed by atoms with E-state index < -0.39 is 0 Å². The molecule has 1 aliphatic heterocycles. The molecule has 1 unspecified atom stereocenters. The lowest BCUT2D eigenvalue weighted by Gasteiger charge is -2.23. The molecule has 1 N–H and O–H groups in total. The molecular formula is C22H24N4O. The van der Waals surface area contributed by atoms with Crippen LogP contribution in [0, 0.1) is 6.92 Å². The number of benzene rings is 2. The van der Waals surface area contributed by atoms with Gasteiger partial charge in [0.05, 0.1) is 7.11 Å². The van der Waals surface area contributed by atoms with Crippen molar-refractivity contribution in [2.45, 2.75) is 32.9 Å². The Balaban J connectivity index is 1.56. The number of aromatic nitrogens is 2. The summed E-state index contributed by atoms with van der Waals surface area (Å²) in [4.78, 5) is 11.7. The molecule has 2 heterocycles. The van der Waals surface area contributed by atoms with Gasteiger partial charge in [0.1, 0.15) is 11.6 Å². The Morgan fingerprint density at radius 1 is 1.11 bits per heavy atom. The monoisotopic (exact) mass is 360 g/mol. The Hall–Kier alpha value is -3.08. The fourth-order valence-electron chi connectivity index (χ4n) is 3.56. The van der Waals surface area contributed by atoms with Gasteiger partial charge in [0.15, 0.2) is 0 Å². The molecule has 1 atom stereocenters. The molecular weight excluding hydrogens is 336 g/mol. The van der Waals surface area contributed by atoms with E-state index in [1.807, 2.05) is 25.1 Å². The maximum absolute atomic E-state index is 5.21. The van der Waals surface area contributed by atoms with Gasteiger partial charge in [0.25, 0.3) is 0 Å². The molecule has 0 bridgehead atoms. The first-order chi connectivity index (χ1) is 13.1. The van der Waals surface area contributed by atoms with Crippen LogP contribution >= 0.6 is 0 Å². The van der Waals surface area contributed by atoms with Crippen LogP contribution in [0.25, 0.3) is 0 Å². The highest BCUT2D eigenvalue weighted by Crippen LogP contribution is 2.36. The average Bonchev–Trinajstić information content (AvgIpc) is 3.02. The SMILES string of the molecule is COc1ccc(CNc2cc(C)nc(N3c4ccccc4CC3C)n2)cc1. The van der Waals surface area contributed by atoms with Crippen molar-refractivity contribution in [1.82, 2.24) is 9.97 Å². The van der Waals surface area contributed by atoms with E-state index in [1.165, 1.54) is 16.8 Å². The second-order valence-corrected chi connectivity index (χ2v) is 6.95. The lowest BCUT2D eigenvalue weighted by molar-refractivity contribution is 0.414. The quantitative estimate of drug-likeness (QED) is 0.726. The van der Waals surface area contributed by atoms with E-state index in [1.54, 1.807) is 7.11 Å². The maximum atomic E-state index is 5.21. The highest BCUT2D eigenvalue weighted by Gasteiger charge is 2.28. The van der Waals surface area contributed by atoms with E-state index >= 15 is 0 Å². The van der Waals surface area contributed by atoms with Gasteiger partial charge in [-0.25, -0.2) is 4.98 Å². The van der Waals surface area contributed by atoms with Gasteiger partial charge in [0, 0.05) is 30.0 Å². The molecule has 0 fully saturated rings. The second kappa shape index (κ2) is 7.27. The van der Waals surface area contributed by atoms with Crippen LogP contribution in [0.3, 0.4) is 0 Å². The number of aryl methyl sites for hydroxylation is 1. The first kappa shape index (κ1) is 17.3. The number of nitrogens with zero attached hydrogens (tertiary/aromatic N) is 3. The number of rotatable bonds is 5. The summed E-state index contributed by atoms with van der Waals surface area (Å²) in [7, 11) is 1.68. The molecule has 0 aliphatic carbocycles. The Morgan fingerprint density at radius 2 is 1.89 bits per heavy atom. The summed E-state index contributed by atoms with van der Waals surface area (Å²) < 4.78 is 5.21. The summed E-state index contributed by atoms with van der Waals surface area (Å²) in [6.45, 7) is 4.93. The fourth-order valence-corrected chi connectivity index (χ4v) is 3.56. The third-order valence-corrected chi connectivity index (χ3v) is 4.90. The highest BCUT2D eigenvalue weighted by molar-refractivity contribution is 5.67. The van der Waals surface area contributed by atoms with E-state index in [2.05, 4.69) is 53.5 Å². The van der Waals surface area contributed by atoms with Gasteiger partial charge in [-0.15, -0.1) is 0 Å². The molecule has 27 heavy (non-hydrogen) atoms. The maximum Gasteiger partial charge on any atom is 0.232 e. The fraction of sp³-hybridized carbons (Fsp3) is 0.273. The molecule has 0 spiro atoms. The van der Waals surface area contributed by atoms with Gasteiger partial charge in [-0.2, -0.15) is 4.98 Å². The van der Waals surface area contributed by atoms with Crippen molar-refractivity contribution in [3.8, 4) is 5.75 Å². The van der Waals surface area contributed by atoms with Crippen molar-refractivity contribution in [2.24, 2.45) is 0 Å². The molecule has 138 valence electrons. The number of fused-ring (bicyclic) bond motifs is 1. The van der Waals surface area contributed by atoms with Crippen LogP contribution in [-0.2, 0) is 13.0 Å². The first-order valence-corrected chi connectivity index (χ1v) is 9.23. The molecule has 0 saturated heterocycles. The molecule has 5 nitrogen and oxygen atoms in total. The van der Waals surface area contributed by atoms with Crippen molar-refractivity contribution in [2.75, 3.05) is 17.3 Å². The van der Waals surface area contributed by atoms with Crippen molar-refractivity contribution in [3.63, 3.8) is 0 Å². The number of hydrogen-bond acceptors (Lipinski definition) is 5. The number of hydrogen-bond donors (Lipinski definition) is 1. The summed E-state index contributed by atoms with van der Waals surface area (Å²) in [5.74, 6) is 2.45.